The molecule has 0 spiro atoms. The topological polar surface area (TPSA) is 110 Å². The number of aryl methyl sites for hydroxylation is 1. The van der Waals surface area contributed by atoms with Crippen LogP contribution in [0.1, 0.15) is 23.8 Å². The molecule has 21 heavy (non-hydrogen) atoms. The van der Waals surface area contributed by atoms with Gasteiger partial charge in [0.05, 0.1) is 6.54 Å². The minimum atomic E-state index is -1.17. The van der Waals surface area contributed by atoms with E-state index in [1.165, 1.54) is 10.9 Å². The second-order valence-corrected chi connectivity index (χ2v) is 4.26. The number of aromatic nitrogens is 4. The molecule has 0 radical (unpaired) electrons. The zero-order valence-corrected chi connectivity index (χ0v) is 11.5. The first kappa shape index (κ1) is 14.6. The van der Waals surface area contributed by atoms with Crippen molar-refractivity contribution in [3.8, 4) is 11.3 Å². The highest BCUT2D eigenvalue weighted by molar-refractivity contribution is 5.92. The Morgan fingerprint density at radius 2 is 2.24 bits per heavy atom. The van der Waals surface area contributed by atoms with E-state index in [4.69, 9.17) is 0 Å². The number of pyridine rings is 1. The summed E-state index contributed by atoms with van der Waals surface area (Å²) in [4.78, 5) is 26.7. The third-order valence-corrected chi connectivity index (χ3v) is 2.80. The van der Waals surface area contributed by atoms with Crippen LogP contribution in [0.5, 0.6) is 0 Å². The van der Waals surface area contributed by atoms with E-state index in [1.807, 2.05) is 6.92 Å². The van der Waals surface area contributed by atoms with Crippen molar-refractivity contribution < 1.29 is 14.7 Å². The van der Waals surface area contributed by atoms with Crippen molar-refractivity contribution in [1.29, 1.82) is 0 Å². The molecule has 0 bridgehead atoms. The van der Waals surface area contributed by atoms with E-state index >= 15 is 0 Å². The molecule has 0 saturated carbocycles. The van der Waals surface area contributed by atoms with Crippen LogP contribution in [0.3, 0.4) is 0 Å². The summed E-state index contributed by atoms with van der Waals surface area (Å²) in [6.07, 6.45) is 3.32. The maximum Gasteiger partial charge on any atom is 0.358 e. The Labute approximate surface area is 120 Å². The van der Waals surface area contributed by atoms with E-state index in [0.717, 1.165) is 0 Å². The third kappa shape index (κ3) is 3.41. The quantitative estimate of drug-likeness (QED) is 0.804. The van der Waals surface area contributed by atoms with Crippen LogP contribution >= 0.6 is 0 Å². The Morgan fingerprint density at radius 3 is 2.86 bits per heavy atom. The molecule has 110 valence electrons. The molecule has 0 aliphatic heterocycles. The van der Waals surface area contributed by atoms with E-state index in [1.54, 1.807) is 18.3 Å². The molecule has 8 heteroatoms. The number of nitrogens with zero attached hydrogens (tertiary/aromatic N) is 4. The van der Waals surface area contributed by atoms with Crippen molar-refractivity contribution in [3.63, 3.8) is 0 Å². The van der Waals surface area contributed by atoms with Gasteiger partial charge in [0, 0.05) is 30.9 Å². The highest BCUT2D eigenvalue weighted by atomic mass is 16.4. The van der Waals surface area contributed by atoms with Crippen molar-refractivity contribution in [3.05, 3.63) is 30.2 Å². The van der Waals surface area contributed by atoms with Crippen molar-refractivity contribution >= 4 is 11.9 Å². The fourth-order valence-corrected chi connectivity index (χ4v) is 1.90. The molecule has 0 fully saturated rings. The summed E-state index contributed by atoms with van der Waals surface area (Å²) in [5.41, 5.74) is 0.787. The number of hydrogen-bond acceptors (Lipinski definition) is 5. The molecule has 0 saturated heterocycles. The Kier molecular flexibility index (Phi) is 4.60. The van der Waals surface area contributed by atoms with Gasteiger partial charge in [-0.2, -0.15) is 0 Å². The summed E-state index contributed by atoms with van der Waals surface area (Å²) in [7, 11) is 0. The molecule has 0 aliphatic rings. The first-order chi connectivity index (χ1) is 10.1. The van der Waals surface area contributed by atoms with Gasteiger partial charge in [0.2, 0.25) is 5.91 Å². The van der Waals surface area contributed by atoms with Gasteiger partial charge in [0.1, 0.15) is 5.69 Å². The number of carboxylic acids is 1. The van der Waals surface area contributed by atoms with Gasteiger partial charge >= 0.3 is 5.97 Å². The maximum atomic E-state index is 11.5. The van der Waals surface area contributed by atoms with Crippen LogP contribution < -0.4 is 5.32 Å². The van der Waals surface area contributed by atoms with Gasteiger partial charge < -0.3 is 10.4 Å². The monoisotopic (exact) mass is 289 g/mol. The van der Waals surface area contributed by atoms with Gasteiger partial charge in [0.25, 0.3) is 0 Å². The minimum Gasteiger partial charge on any atom is -0.476 e. The van der Waals surface area contributed by atoms with Gasteiger partial charge in [-0.15, -0.1) is 5.10 Å². The number of carbonyl (C=O) groups excluding carboxylic acids is 1. The van der Waals surface area contributed by atoms with Gasteiger partial charge in [-0.05, 0) is 19.1 Å². The molecule has 2 heterocycles. The average Bonchev–Trinajstić information content (AvgIpc) is 2.90. The number of hydrogen-bond donors (Lipinski definition) is 2. The molecule has 0 unspecified atom stereocenters. The summed E-state index contributed by atoms with van der Waals surface area (Å²) in [6, 6.07) is 3.42. The lowest BCUT2D eigenvalue weighted by molar-refractivity contribution is -0.121. The van der Waals surface area contributed by atoms with Gasteiger partial charge in [0.15, 0.2) is 5.69 Å². The smallest absolute Gasteiger partial charge is 0.358 e. The first-order valence-corrected chi connectivity index (χ1v) is 6.47. The van der Waals surface area contributed by atoms with Crippen LogP contribution in [-0.4, -0.2) is 43.5 Å². The normalized spacial score (nSPS) is 10.3. The van der Waals surface area contributed by atoms with Crippen LogP contribution in [0.4, 0.5) is 0 Å². The van der Waals surface area contributed by atoms with Crippen LogP contribution in [0.15, 0.2) is 24.5 Å². The lowest BCUT2D eigenvalue weighted by Crippen LogP contribution is -2.24. The predicted molar refractivity (Wildman–Crippen MR) is 73.5 cm³/mol. The van der Waals surface area contributed by atoms with E-state index < -0.39 is 5.97 Å². The SMILES string of the molecule is CCNC(=O)CCn1nnc(C(=O)O)c1-c1cccnc1. The average molecular weight is 289 g/mol. The molecule has 1 amide bonds. The summed E-state index contributed by atoms with van der Waals surface area (Å²) in [5, 5.41) is 19.4. The summed E-state index contributed by atoms with van der Waals surface area (Å²) < 4.78 is 1.41. The number of nitrogens with one attached hydrogen (secondary N) is 1. The molecule has 0 atom stereocenters. The number of carbonyl (C=O) groups is 2. The second-order valence-electron chi connectivity index (χ2n) is 4.26. The molecular weight excluding hydrogens is 274 g/mol. The van der Waals surface area contributed by atoms with Crippen molar-refractivity contribution in [2.24, 2.45) is 0 Å². The molecule has 2 aromatic rings. The van der Waals surface area contributed by atoms with Gasteiger partial charge in [-0.25, -0.2) is 9.48 Å². The van der Waals surface area contributed by atoms with E-state index in [0.29, 0.717) is 17.8 Å². The van der Waals surface area contributed by atoms with Crippen LogP contribution in [0.2, 0.25) is 0 Å². The highest BCUT2D eigenvalue weighted by Crippen LogP contribution is 2.21. The fourth-order valence-electron chi connectivity index (χ4n) is 1.90. The van der Waals surface area contributed by atoms with Crippen molar-refractivity contribution in [2.75, 3.05) is 6.54 Å². The van der Waals surface area contributed by atoms with E-state index in [9.17, 15) is 14.7 Å². The number of aromatic carboxylic acids is 1. The standard InChI is InChI=1S/C13H15N5O3/c1-2-15-10(19)5-7-18-12(9-4-3-6-14-8-9)11(13(20)21)16-17-18/h3-4,6,8H,2,5,7H2,1H3,(H,15,19)(H,20,21). The Balaban J connectivity index is 2.30. The molecule has 8 nitrogen and oxygen atoms in total. The van der Waals surface area contributed by atoms with Crippen LogP contribution in [-0.2, 0) is 11.3 Å². The molecule has 2 N–H and O–H groups in total. The third-order valence-electron chi connectivity index (χ3n) is 2.80. The zero-order valence-electron chi connectivity index (χ0n) is 11.5. The van der Waals surface area contributed by atoms with Gasteiger partial charge in [-0.1, -0.05) is 5.21 Å². The Morgan fingerprint density at radius 1 is 1.43 bits per heavy atom. The second kappa shape index (κ2) is 6.60. The summed E-state index contributed by atoms with van der Waals surface area (Å²) >= 11 is 0. The molecule has 0 aliphatic carbocycles. The van der Waals surface area contributed by atoms with E-state index in [-0.39, 0.29) is 24.6 Å². The Hall–Kier alpha value is -2.77. The Bertz CT molecular complexity index is 639. The molecule has 0 aromatic carbocycles. The predicted octanol–water partition coefficient (Wildman–Crippen LogP) is 0.564. The summed E-state index contributed by atoms with van der Waals surface area (Å²) in [5.74, 6) is -1.29. The first-order valence-electron chi connectivity index (χ1n) is 6.47. The number of carboxylic acid groups (broad SMARTS) is 1. The van der Waals surface area contributed by atoms with Crippen molar-refractivity contribution in [1.82, 2.24) is 25.3 Å². The lowest BCUT2D eigenvalue weighted by atomic mass is 10.1. The van der Waals surface area contributed by atoms with E-state index in [2.05, 4.69) is 20.6 Å². The lowest BCUT2D eigenvalue weighted by Gasteiger charge is -2.07. The maximum absolute atomic E-state index is 11.5. The van der Waals surface area contributed by atoms with Crippen molar-refractivity contribution in [2.45, 2.75) is 19.9 Å². The van der Waals surface area contributed by atoms with Crippen LogP contribution in [0, 0.1) is 0 Å². The number of amides is 1. The van der Waals surface area contributed by atoms with Crippen LogP contribution in [0.25, 0.3) is 11.3 Å². The number of rotatable bonds is 6. The van der Waals surface area contributed by atoms with Gasteiger partial charge in [-0.3, -0.25) is 9.78 Å². The largest absolute Gasteiger partial charge is 0.476 e. The highest BCUT2D eigenvalue weighted by Gasteiger charge is 2.20. The molecule has 2 rings (SSSR count). The zero-order chi connectivity index (χ0) is 15.2. The minimum absolute atomic E-state index is 0.123. The molecule has 2 aromatic heterocycles. The molecular formula is C13H15N5O3. The fraction of sp³-hybridized carbons (Fsp3) is 0.308. The summed E-state index contributed by atoms with van der Waals surface area (Å²) in [6.45, 7) is 2.62.